The zero-order chi connectivity index (χ0) is 22.9. The molecule has 0 unspecified atom stereocenters. The van der Waals surface area contributed by atoms with Gasteiger partial charge < -0.3 is 10.3 Å². The highest BCUT2D eigenvalue weighted by molar-refractivity contribution is 6.12. The number of nitrogens with zero attached hydrogens (tertiary/aromatic N) is 4. The third-order valence-electron chi connectivity index (χ3n) is 5.82. The fourth-order valence-electron chi connectivity index (χ4n) is 4.23. The first kappa shape index (κ1) is 19.9. The van der Waals surface area contributed by atoms with E-state index in [0.29, 0.717) is 12.1 Å². The number of aromatic amines is 1. The number of rotatable bonds is 5. The van der Waals surface area contributed by atoms with Gasteiger partial charge >= 0.3 is 0 Å². The first-order valence-electron chi connectivity index (χ1n) is 10.9. The predicted molar refractivity (Wildman–Crippen MR) is 133 cm³/mol. The summed E-state index contributed by atoms with van der Waals surface area (Å²) in [6.07, 6.45) is 7.18. The number of carbonyl (C=O) groups is 1. The summed E-state index contributed by atoms with van der Waals surface area (Å²) in [6, 6.07) is 23.4. The van der Waals surface area contributed by atoms with Crippen LogP contribution < -0.4 is 5.32 Å². The van der Waals surface area contributed by atoms with E-state index in [4.69, 9.17) is 0 Å². The van der Waals surface area contributed by atoms with Crippen LogP contribution in [0.5, 0.6) is 0 Å². The smallest absolute Gasteiger partial charge is 0.256 e. The first-order valence-corrected chi connectivity index (χ1v) is 10.9. The lowest BCUT2D eigenvalue weighted by molar-refractivity contribution is 0.102. The van der Waals surface area contributed by atoms with Gasteiger partial charge in [0.2, 0.25) is 0 Å². The molecule has 1 amide bonds. The van der Waals surface area contributed by atoms with Crippen LogP contribution in [0.25, 0.3) is 33.1 Å². The standard InChI is InChI=1S/C27H20N6O/c34-27(23-10-4-7-19-6-1-2-9-22(19)23)32-21-8-3-5-18(13-21)15-33-16-20(14-31-33)25-24-11-12-28-26(24)30-17-29-25/h1-14,16-17H,15H2,(H,32,34)(H,28,29,30). The SMILES string of the molecule is O=C(Nc1cccc(Cn2cc(-c3ncnc4[nH]ccc34)cn2)c1)c1cccc2ccccc12. The molecule has 0 aliphatic carbocycles. The third-order valence-corrected chi connectivity index (χ3v) is 5.82. The summed E-state index contributed by atoms with van der Waals surface area (Å²) in [6.45, 7) is 0.569. The zero-order valence-corrected chi connectivity index (χ0v) is 18.1. The van der Waals surface area contributed by atoms with Crippen LogP contribution in [0.15, 0.2) is 97.7 Å². The molecule has 0 saturated heterocycles. The number of nitrogens with one attached hydrogen (secondary N) is 2. The lowest BCUT2D eigenvalue weighted by atomic mass is 10.0. The van der Waals surface area contributed by atoms with Gasteiger partial charge in [0, 0.05) is 34.6 Å². The van der Waals surface area contributed by atoms with E-state index >= 15 is 0 Å². The molecular formula is C27H20N6O. The van der Waals surface area contributed by atoms with E-state index < -0.39 is 0 Å². The molecule has 7 heteroatoms. The molecule has 0 radical (unpaired) electrons. The Labute approximate surface area is 195 Å². The van der Waals surface area contributed by atoms with Gasteiger partial charge in [0.1, 0.15) is 12.0 Å². The Morgan fingerprint density at radius 2 is 1.82 bits per heavy atom. The zero-order valence-electron chi connectivity index (χ0n) is 18.1. The molecule has 3 heterocycles. The Balaban J connectivity index is 1.22. The molecule has 7 nitrogen and oxygen atoms in total. The summed E-state index contributed by atoms with van der Waals surface area (Å²) in [7, 11) is 0. The van der Waals surface area contributed by atoms with Gasteiger partial charge in [-0.25, -0.2) is 9.97 Å². The van der Waals surface area contributed by atoms with E-state index in [1.165, 1.54) is 0 Å². The van der Waals surface area contributed by atoms with Gasteiger partial charge in [-0.05, 0) is 40.6 Å². The van der Waals surface area contributed by atoms with Gasteiger partial charge in [-0.3, -0.25) is 9.48 Å². The Morgan fingerprint density at radius 3 is 2.79 bits per heavy atom. The molecule has 3 aromatic carbocycles. The molecule has 0 bridgehead atoms. The van der Waals surface area contributed by atoms with Crippen LogP contribution in [0.4, 0.5) is 5.69 Å². The normalized spacial score (nSPS) is 11.2. The number of fused-ring (bicyclic) bond motifs is 2. The van der Waals surface area contributed by atoms with E-state index in [0.717, 1.165) is 44.3 Å². The van der Waals surface area contributed by atoms with Crippen molar-refractivity contribution in [2.75, 3.05) is 5.32 Å². The second kappa shape index (κ2) is 8.29. The third kappa shape index (κ3) is 3.69. The summed E-state index contributed by atoms with van der Waals surface area (Å²) in [5.41, 5.74) is 4.99. The number of benzene rings is 3. The van der Waals surface area contributed by atoms with Gasteiger partial charge in [0.25, 0.3) is 5.91 Å². The number of hydrogen-bond acceptors (Lipinski definition) is 4. The molecule has 0 aliphatic heterocycles. The predicted octanol–water partition coefficient (Wildman–Crippen LogP) is 5.28. The molecular weight excluding hydrogens is 424 g/mol. The lowest BCUT2D eigenvalue weighted by Crippen LogP contribution is -2.12. The van der Waals surface area contributed by atoms with Gasteiger partial charge in [0.05, 0.1) is 18.4 Å². The van der Waals surface area contributed by atoms with Gasteiger partial charge in [-0.2, -0.15) is 5.10 Å². The van der Waals surface area contributed by atoms with E-state index in [9.17, 15) is 4.79 Å². The first-order chi connectivity index (χ1) is 16.7. The number of hydrogen-bond donors (Lipinski definition) is 2. The Kier molecular flexibility index (Phi) is 4.85. The van der Waals surface area contributed by atoms with Crippen molar-refractivity contribution in [3.63, 3.8) is 0 Å². The highest BCUT2D eigenvalue weighted by Gasteiger charge is 2.12. The largest absolute Gasteiger partial charge is 0.346 e. The molecule has 0 fully saturated rings. The topological polar surface area (TPSA) is 88.5 Å². The minimum absolute atomic E-state index is 0.130. The van der Waals surface area contributed by atoms with Crippen molar-refractivity contribution < 1.29 is 4.79 Å². The quantitative estimate of drug-likeness (QED) is 0.379. The van der Waals surface area contributed by atoms with Crippen molar-refractivity contribution in [3.8, 4) is 11.3 Å². The molecule has 34 heavy (non-hydrogen) atoms. The minimum Gasteiger partial charge on any atom is -0.346 e. The summed E-state index contributed by atoms with van der Waals surface area (Å²) in [4.78, 5) is 24.8. The Morgan fingerprint density at radius 1 is 0.941 bits per heavy atom. The van der Waals surface area contributed by atoms with Crippen LogP contribution in [-0.4, -0.2) is 30.6 Å². The molecule has 3 aromatic heterocycles. The van der Waals surface area contributed by atoms with Crippen LogP contribution in [0, 0.1) is 0 Å². The van der Waals surface area contributed by atoms with Gasteiger partial charge in [0.15, 0.2) is 0 Å². The van der Waals surface area contributed by atoms with Crippen LogP contribution in [0.2, 0.25) is 0 Å². The molecule has 0 aliphatic rings. The number of carbonyl (C=O) groups excluding carboxylic acids is 1. The van der Waals surface area contributed by atoms with Crippen molar-refractivity contribution in [1.82, 2.24) is 24.7 Å². The van der Waals surface area contributed by atoms with Crippen molar-refractivity contribution in [3.05, 3.63) is 109 Å². The fraction of sp³-hybridized carbons (Fsp3) is 0.0370. The highest BCUT2D eigenvalue weighted by Crippen LogP contribution is 2.25. The fourth-order valence-corrected chi connectivity index (χ4v) is 4.23. The molecule has 6 aromatic rings. The van der Waals surface area contributed by atoms with Crippen molar-refractivity contribution in [1.29, 1.82) is 0 Å². The van der Waals surface area contributed by atoms with E-state index in [2.05, 4.69) is 25.4 Å². The summed E-state index contributed by atoms with van der Waals surface area (Å²) >= 11 is 0. The number of H-pyrrole nitrogens is 1. The molecule has 164 valence electrons. The lowest BCUT2D eigenvalue weighted by Gasteiger charge is -2.10. The molecule has 6 rings (SSSR count). The van der Waals surface area contributed by atoms with Crippen LogP contribution in [0.3, 0.4) is 0 Å². The van der Waals surface area contributed by atoms with Gasteiger partial charge in [-0.1, -0.05) is 48.5 Å². The monoisotopic (exact) mass is 444 g/mol. The maximum absolute atomic E-state index is 13.0. The molecule has 0 saturated carbocycles. The van der Waals surface area contributed by atoms with E-state index in [-0.39, 0.29) is 5.91 Å². The summed E-state index contributed by atoms with van der Waals surface area (Å²) in [5, 5.41) is 10.5. The minimum atomic E-state index is -0.130. The van der Waals surface area contributed by atoms with E-state index in [1.54, 1.807) is 12.5 Å². The van der Waals surface area contributed by atoms with Crippen molar-refractivity contribution in [2.24, 2.45) is 0 Å². The average molecular weight is 444 g/mol. The summed E-state index contributed by atoms with van der Waals surface area (Å²) < 4.78 is 1.86. The second-order valence-electron chi connectivity index (χ2n) is 8.07. The Bertz CT molecular complexity index is 1640. The number of aromatic nitrogens is 5. The van der Waals surface area contributed by atoms with Crippen LogP contribution in [0.1, 0.15) is 15.9 Å². The van der Waals surface area contributed by atoms with Crippen LogP contribution >= 0.6 is 0 Å². The second-order valence-corrected chi connectivity index (χ2v) is 8.07. The molecule has 0 atom stereocenters. The summed E-state index contributed by atoms with van der Waals surface area (Å²) in [5.74, 6) is -0.130. The van der Waals surface area contributed by atoms with E-state index in [1.807, 2.05) is 89.9 Å². The maximum Gasteiger partial charge on any atom is 0.256 e. The highest BCUT2D eigenvalue weighted by atomic mass is 16.1. The van der Waals surface area contributed by atoms with Gasteiger partial charge in [-0.15, -0.1) is 0 Å². The average Bonchev–Trinajstić information content (AvgIpc) is 3.53. The Hall–Kier alpha value is -4.78. The molecule has 0 spiro atoms. The number of anilines is 1. The van der Waals surface area contributed by atoms with Crippen LogP contribution in [-0.2, 0) is 6.54 Å². The van der Waals surface area contributed by atoms with Crippen molar-refractivity contribution >= 4 is 33.4 Å². The maximum atomic E-state index is 13.0. The molecule has 2 N–H and O–H groups in total. The number of amides is 1. The van der Waals surface area contributed by atoms with Crippen molar-refractivity contribution in [2.45, 2.75) is 6.54 Å².